The van der Waals surface area contributed by atoms with Crippen LogP contribution in [0.2, 0.25) is 0 Å². The Balaban J connectivity index is 1.75. The van der Waals surface area contributed by atoms with E-state index in [9.17, 15) is 9.59 Å². The minimum Gasteiger partial charge on any atom is -0.479 e. The van der Waals surface area contributed by atoms with Gasteiger partial charge in [-0.1, -0.05) is 12.1 Å². The first-order valence-electron chi connectivity index (χ1n) is 7.63. The summed E-state index contributed by atoms with van der Waals surface area (Å²) >= 11 is 0. The van der Waals surface area contributed by atoms with E-state index < -0.39 is 18.2 Å². The molecular formula is C16H18N4O4. The van der Waals surface area contributed by atoms with Crippen molar-refractivity contribution in [2.75, 3.05) is 5.32 Å². The van der Waals surface area contributed by atoms with Crippen LogP contribution in [0.15, 0.2) is 18.2 Å². The molecule has 24 heavy (non-hydrogen) atoms. The zero-order chi connectivity index (χ0) is 17.3. The van der Waals surface area contributed by atoms with Crippen LogP contribution in [-0.4, -0.2) is 44.4 Å². The summed E-state index contributed by atoms with van der Waals surface area (Å²) in [7, 11) is 0. The minimum atomic E-state index is -1.04. The second-order valence-corrected chi connectivity index (χ2v) is 5.79. The third-order valence-electron chi connectivity index (χ3n) is 3.94. The Bertz CT molecular complexity index is 786. The molecule has 0 saturated carbocycles. The van der Waals surface area contributed by atoms with Crippen molar-refractivity contribution in [2.24, 2.45) is 0 Å². The molecule has 1 aliphatic heterocycles. The molecule has 1 aliphatic rings. The van der Waals surface area contributed by atoms with E-state index in [-0.39, 0.29) is 5.91 Å². The number of hydrogen-bond acceptors (Lipinski definition) is 5. The Morgan fingerprint density at radius 1 is 1.29 bits per heavy atom. The van der Waals surface area contributed by atoms with Crippen LogP contribution in [0.4, 0.5) is 5.69 Å². The van der Waals surface area contributed by atoms with Gasteiger partial charge in [0.2, 0.25) is 0 Å². The van der Waals surface area contributed by atoms with E-state index in [0.29, 0.717) is 30.2 Å². The number of benzene rings is 1. The summed E-state index contributed by atoms with van der Waals surface area (Å²) in [4.78, 5) is 27.5. The van der Waals surface area contributed by atoms with Crippen LogP contribution in [0.3, 0.4) is 0 Å². The lowest BCUT2D eigenvalue weighted by Crippen LogP contribution is -2.30. The molecule has 126 valence electrons. The van der Waals surface area contributed by atoms with Crippen LogP contribution >= 0.6 is 0 Å². The highest BCUT2D eigenvalue weighted by Crippen LogP contribution is 2.25. The number of aromatic nitrogens is 3. The summed E-state index contributed by atoms with van der Waals surface area (Å²) in [5, 5.41) is 18.6. The highest BCUT2D eigenvalue weighted by atomic mass is 16.5. The maximum absolute atomic E-state index is 12.3. The first-order chi connectivity index (χ1) is 11.4. The lowest BCUT2D eigenvalue weighted by molar-refractivity contribution is -0.150. The fraction of sp³-hybridized carbons (Fsp3) is 0.375. The van der Waals surface area contributed by atoms with Gasteiger partial charge in [-0.15, -0.1) is 0 Å². The predicted octanol–water partition coefficient (Wildman–Crippen LogP) is 1.66. The number of hydrogen-bond donors (Lipinski definition) is 3. The van der Waals surface area contributed by atoms with E-state index in [0.717, 1.165) is 11.1 Å². The first kappa shape index (κ1) is 16.1. The van der Waals surface area contributed by atoms with Crippen molar-refractivity contribution < 1.29 is 19.4 Å². The number of H-pyrrole nitrogens is 1. The van der Waals surface area contributed by atoms with Crippen LogP contribution < -0.4 is 5.32 Å². The van der Waals surface area contributed by atoms with Crippen molar-refractivity contribution in [2.45, 2.75) is 38.9 Å². The molecule has 2 atom stereocenters. The van der Waals surface area contributed by atoms with Crippen LogP contribution in [-0.2, 0) is 14.3 Å². The number of nitrogens with zero attached hydrogens (tertiary/aromatic N) is 2. The second kappa shape index (κ2) is 6.40. The Labute approximate surface area is 138 Å². The van der Waals surface area contributed by atoms with Crippen molar-refractivity contribution in [3.63, 3.8) is 0 Å². The van der Waals surface area contributed by atoms with E-state index in [4.69, 9.17) is 9.84 Å². The van der Waals surface area contributed by atoms with Crippen molar-refractivity contribution in [3.8, 4) is 11.4 Å². The van der Waals surface area contributed by atoms with Gasteiger partial charge < -0.3 is 15.2 Å². The van der Waals surface area contributed by atoms with E-state index >= 15 is 0 Å². The fourth-order valence-electron chi connectivity index (χ4n) is 2.59. The SMILES string of the molecule is Cc1nc(-c2ccc(C)c(NC(=O)[C@@H]3CC[C@H](C(=O)O)O3)c2)n[nH]1. The summed E-state index contributed by atoms with van der Waals surface area (Å²) < 4.78 is 5.27. The molecule has 3 N–H and O–H groups in total. The van der Waals surface area contributed by atoms with Crippen LogP contribution in [0.5, 0.6) is 0 Å². The van der Waals surface area contributed by atoms with Gasteiger partial charge in [0.1, 0.15) is 11.9 Å². The number of carboxylic acids is 1. The summed E-state index contributed by atoms with van der Waals surface area (Å²) in [6.07, 6.45) is -0.936. The third kappa shape index (κ3) is 3.28. The molecule has 0 radical (unpaired) electrons. The van der Waals surface area contributed by atoms with E-state index in [1.807, 2.05) is 26.0 Å². The van der Waals surface area contributed by atoms with E-state index in [1.165, 1.54) is 0 Å². The number of amides is 1. The molecule has 1 fully saturated rings. The van der Waals surface area contributed by atoms with Gasteiger partial charge in [0.05, 0.1) is 0 Å². The molecule has 1 saturated heterocycles. The number of carbonyl (C=O) groups is 2. The molecule has 0 unspecified atom stereocenters. The molecular weight excluding hydrogens is 312 g/mol. The van der Waals surface area contributed by atoms with Gasteiger partial charge in [-0.3, -0.25) is 9.89 Å². The molecule has 0 bridgehead atoms. The molecule has 8 heteroatoms. The Hall–Kier alpha value is -2.74. The average Bonchev–Trinajstić information content (AvgIpc) is 3.18. The quantitative estimate of drug-likeness (QED) is 0.785. The van der Waals surface area contributed by atoms with Gasteiger partial charge in [0.15, 0.2) is 11.9 Å². The van der Waals surface area contributed by atoms with Gasteiger partial charge in [-0.25, -0.2) is 9.78 Å². The molecule has 1 aromatic carbocycles. The van der Waals surface area contributed by atoms with Crippen molar-refractivity contribution in [1.29, 1.82) is 0 Å². The standard InChI is InChI=1S/C16H18N4O4/c1-8-3-4-10(14-17-9(2)19-20-14)7-11(8)18-15(21)12-5-6-13(24-12)16(22)23/h3-4,7,12-13H,5-6H2,1-2H3,(H,18,21)(H,22,23)(H,17,19,20)/t12-,13+/m0/s1. The maximum Gasteiger partial charge on any atom is 0.332 e. The smallest absolute Gasteiger partial charge is 0.332 e. The molecule has 8 nitrogen and oxygen atoms in total. The van der Waals surface area contributed by atoms with Gasteiger partial charge in [0.25, 0.3) is 5.91 Å². The van der Waals surface area contributed by atoms with Crippen LogP contribution in [0.25, 0.3) is 11.4 Å². The zero-order valence-corrected chi connectivity index (χ0v) is 13.4. The largest absolute Gasteiger partial charge is 0.479 e. The van der Waals surface area contributed by atoms with E-state index in [2.05, 4.69) is 20.5 Å². The van der Waals surface area contributed by atoms with Gasteiger partial charge in [-0.05, 0) is 38.3 Å². The fourth-order valence-corrected chi connectivity index (χ4v) is 2.59. The molecule has 2 heterocycles. The lowest BCUT2D eigenvalue weighted by atomic mass is 10.1. The van der Waals surface area contributed by atoms with Gasteiger partial charge >= 0.3 is 5.97 Å². The van der Waals surface area contributed by atoms with Gasteiger partial charge in [0, 0.05) is 11.3 Å². The van der Waals surface area contributed by atoms with Crippen molar-refractivity contribution >= 4 is 17.6 Å². The normalized spacial score (nSPS) is 20.1. The molecule has 0 aliphatic carbocycles. The average molecular weight is 330 g/mol. The number of aryl methyl sites for hydroxylation is 2. The number of carbonyl (C=O) groups excluding carboxylic acids is 1. The van der Waals surface area contributed by atoms with E-state index in [1.54, 1.807) is 6.07 Å². The maximum atomic E-state index is 12.3. The van der Waals surface area contributed by atoms with Crippen LogP contribution in [0.1, 0.15) is 24.2 Å². The lowest BCUT2D eigenvalue weighted by Gasteiger charge is -2.14. The third-order valence-corrected chi connectivity index (χ3v) is 3.94. The minimum absolute atomic E-state index is 0.336. The Morgan fingerprint density at radius 3 is 2.67 bits per heavy atom. The Kier molecular flexibility index (Phi) is 4.30. The highest BCUT2D eigenvalue weighted by Gasteiger charge is 2.34. The van der Waals surface area contributed by atoms with Crippen molar-refractivity contribution in [3.05, 3.63) is 29.6 Å². The first-order valence-corrected chi connectivity index (χ1v) is 7.63. The number of aromatic amines is 1. The second-order valence-electron chi connectivity index (χ2n) is 5.79. The zero-order valence-electron chi connectivity index (χ0n) is 13.4. The van der Waals surface area contributed by atoms with Gasteiger partial charge in [-0.2, -0.15) is 5.10 Å². The summed E-state index contributed by atoms with van der Waals surface area (Å²) in [6.45, 7) is 3.68. The highest BCUT2D eigenvalue weighted by molar-refractivity contribution is 5.96. The molecule has 2 aromatic rings. The number of aliphatic carboxylic acids is 1. The predicted molar refractivity (Wildman–Crippen MR) is 85.5 cm³/mol. The summed E-state index contributed by atoms with van der Waals surface area (Å²) in [5.74, 6) is -0.130. The van der Waals surface area contributed by atoms with Crippen molar-refractivity contribution in [1.82, 2.24) is 15.2 Å². The number of anilines is 1. The molecule has 0 spiro atoms. The molecule has 1 amide bonds. The molecule has 1 aromatic heterocycles. The molecule has 3 rings (SSSR count). The summed E-state index contributed by atoms with van der Waals surface area (Å²) in [6, 6.07) is 5.53. The monoisotopic (exact) mass is 330 g/mol. The summed E-state index contributed by atoms with van der Waals surface area (Å²) in [5.41, 5.74) is 2.28. The number of rotatable bonds is 4. The topological polar surface area (TPSA) is 117 Å². The number of ether oxygens (including phenoxy) is 1. The Morgan fingerprint density at radius 2 is 2.04 bits per heavy atom. The number of nitrogens with one attached hydrogen (secondary N) is 2. The number of carboxylic acid groups (broad SMARTS) is 1. The van der Waals surface area contributed by atoms with Crippen LogP contribution in [0, 0.1) is 13.8 Å².